The SMILES string of the molecule is C[C@@H]1CN(Cc2ccccc2)C[C@H]1C=O. The van der Waals surface area contributed by atoms with E-state index in [-0.39, 0.29) is 5.92 Å². The molecule has 15 heavy (non-hydrogen) atoms. The van der Waals surface area contributed by atoms with E-state index in [1.807, 2.05) is 6.07 Å². The molecule has 0 amide bonds. The Labute approximate surface area is 90.9 Å². The second-order valence-corrected chi connectivity index (χ2v) is 4.46. The van der Waals surface area contributed by atoms with E-state index in [1.54, 1.807) is 0 Å². The molecule has 0 unspecified atom stereocenters. The standard InChI is InChI=1S/C13H17NO/c1-11-7-14(9-13(11)10-15)8-12-5-3-2-4-6-12/h2-6,10-11,13H,7-9H2,1H3/t11-,13+/m1/s1. The fourth-order valence-electron chi connectivity index (χ4n) is 2.24. The lowest BCUT2D eigenvalue weighted by Crippen LogP contribution is -2.20. The van der Waals surface area contributed by atoms with Crippen molar-refractivity contribution < 1.29 is 4.79 Å². The Balaban J connectivity index is 1.95. The van der Waals surface area contributed by atoms with Gasteiger partial charge in [0.2, 0.25) is 0 Å². The predicted molar refractivity (Wildman–Crippen MR) is 60.4 cm³/mol. The van der Waals surface area contributed by atoms with Crippen LogP contribution in [0.1, 0.15) is 12.5 Å². The van der Waals surface area contributed by atoms with Crippen molar-refractivity contribution in [1.29, 1.82) is 0 Å². The highest BCUT2D eigenvalue weighted by Gasteiger charge is 2.28. The number of nitrogens with zero attached hydrogens (tertiary/aromatic N) is 1. The highest BCUT2D eigenvalue weighted by Crippen LogP contribution is 2.22. The van der Waals surface area contributed by atoms with Crippen LogP contribution in [-0.4, -0.2) is 24.3 Å². The molecule has 1 aromatic rings. The molecule has 1 aliphatic rings. The third-order valence-corrected chi connectivity index (χ3v) is 3.17. The molecule has 1 fully saturated rings. The summed E-state index contributed by atoms with van der Waals surface area (Å²) in [5.74, 6) is 0.736. The Morgan fingerprint density at radius 3 is 2.67 bits per heavy atom. The number of aldehydes is 1. The summed E-state index contributed by atoms with van der Waals surface area (Å²) in [6.45, 7) is 5.08. The summed E-state index contributed by atoms with van der Waals surface area (Å²) < 4.78 is 0. The fourth-order valence-corrected chi connectivity index (χ4v) is 2.24. The first kappa shape index (κ1) is 10.4. The maximum atomic E-state index is 10.8. The van der Waals surface area contributed by atoms with Crippen LogP contribution in [0.5, 0.6) is 0 Å². The third kappa shape index (κ3) is 2.45. The quantitative estimate of drug-likeness (QED) is 0.700. The molecule has 0 N–H and O–H groups in total. The molecule has 80 valence electrons. The van der Waals surface area contributed by atoms with Gasteiger partial charge in [0.15, 0.2) is 0 Å². The molecule has 2 atom stereocenters. The number of benzene rings is 1. The normalized spacial score (nSPS) is 26.7. The zero-order valence-electron chi connectivity index (χ0n) is 9.10. The number of hydrogen-bond acceptors (Lipinski definition) is 2. The average molecular weight is 203 g/mol. The molecule has 2 heteroatoms. The van der Waals surface area contributed by atoms with Gasteiger partial charge in [0, 0.05) is 25.6 Å². The second kappa shape index (κ2) is 4.58. The maximum Gasteiger partial charge on any atom is 0.124 e. The zero-order valence-corrected chi connectivity index (χ0v) is 9.10. The average Bonchev–Trinajstić information content (AvgIpc) is 2.60. The molecular formula is C13H17NO. The molecule has 0 saturated carbocycles. The second-order valence-electron chi connectivity index (χ2n) is 4.46. The topological polar surface area (TPSA) is 20.3 Å². The zero-order chi connectivity index (χ0) is 10.7. The van der Waals surface area contributed by atoms with E-state index >= 15 is 0 Å². The lowest BCUT2D eigenvalue weighted by molar-refractivity contribution is -0.111. The van der Waals surface area contributed by atoms with Gasteiger partial charge in [0.05, 0.1) is 0 Å². The molecular weight excluding hydrogens is 186 g/mol. The predicted octanol–water partition coefficient (Wildman–Crippen LogP) is 1.95. The minimum atomic E-state index is 0.230. The van der Waals surface area contributed by atoms with Gasteiger partial charge in [-0.25, -0.2) is 0 Å². The molecule has 1 aliphatic heterocycles. The van der Waals surface area contributed by atoms with Crippen LogP contribution in [0, 0.1) is 11.8 Å². The minimum absolute atomic E-state index is 0.230. The van der Waals surface area contributed by atoms with Crippen molar-refractivity contribution in [2.75, 3.05) is 13.1 Å². The van der Waals surface area contributed by atoms with Gasteiger partial charge in [-0.05, 0) is 11.5 Å². The van der Waals surface area contributed by atoms with Crippen molar-refractivity contribution in [1.82, 2.24) is 4.90 Å². The molecule has 0 spiro atoms. The van der Waals surface area contributed by atoms with E-state index in [1.165, 1.54) is 5.56 Å². The first-order valence-electron chi connectivity index (χ1n) is 5.51. The first-order valence-corrected chi connectivity index (χ1v) is 5.51. The van der Waals surface area contributed by atoms with E-state index in [4.69, 9.17) is 0 Å². The van der Waals surface area contributed by atoms with Crippen LogP contribution < -0.4 is 0 Å². The monoisotopic (exact) mass is 203 g/mol. The lowest BCUT2D eigenvalue weighted by Gasteiger charge is -2.14. The van der Waals surface area contributed by atoms with Crippen LogP contribution in [0.25, 0.3) is 0 Å². The van der Waals surface area contributed by atoms with Crippen LogP contribution in [0.2, 0.25) is 0 Å². The van der Waals surface area contributed by atoms with Gasteiger partial charge < -0.3 is 4.79 Å². The van der Waals surface area contributed by atoms with E-state index < -0.39 is 0 Å². The molecule has 2 nitrogen and oxygen atoms in total. The Kier molecular flexibility index (Phi) is 3.17. The molecule has 1 heterocycles. The molecule has 0 aliphatic carbocycles. The van der Waals surface area contributed by atoms with Gasteiger partial charge in [0.1, 0.15) is 6.29 Å². The summed E-state index contributed by atoms with van der Waals surface area (Å²) in [7, 11) is 0. The van der Waals surface area contributed by atoms with Crippen LogP contribution in [0.15, 0.2) is 30.3 Å². The highest BCUT2D eigenvalue weighted by molar-refractivity contribution is 5.55. The van der Waals surface area contributed by atoms with Crippen LogP contribution >= 0.6 is 0 Å². The molecule has 0 aromatic heterocycles. The number of hydrogen-bond donors (Lipinski definition) is 0. The molecule has 0 radical (unpaired) electrons. The van der Waals surface area contributed by atoms with Crippen molar-refractivity contribution in [3.63, 3.8) is 0 Å². The Hall–Kier alpha value is -1.15. The van der Waals surface area contributed by atoms with E-state index in [0.29, 0.717) is 5.92 Å². The van der Waals surface area contributed by atoms with Crippen molar-refractivity contribution in [3.05, 3.63) is 35.9 Å². The lowest BCUT2D eigenvalue weighted by atomic mass is 10.0. The maximum absolute atomic E-state index is 10.8. The van der Waals surface area contributed by atoms with Gasteiger partial charge >= 0.3 is 0 Å². The summed E-state index contributed by atoms with van der Waals surface area (Å²) in [4.78, 5) is 13.1. The van der Waals surface area contributed by atoms with Crippen LogP contribution in [0.4, 0.5) is 0 Å². The number of carbonyl (C=O) groups excluding carboxylic acids is 1. The fraction of sp³-hybridized carbons (Fsp3) is 0.462. The van der Waals surface area contributed by atoms with Crippen LogP contribution in [-0.2, 0) is 11.3 Å². The van der Waals surface area contributed by atoms with E-state index in [9.17, 15) is 4.79 Å². The molecule has 2 rings (SSSR count). The van der Waals surface area contributed by atoms with Gasteiger partial charge in [-0.2, -0.15) is 0 Å². The van der Waals surface area contributed by atoms with Gasteiger partial charge in [0.25, 0.3) is 0 Å². The van der Waals surface area contributed by atoms with Crippen molar-refractivity contribution in [2.45, 2.75) is 13.5 Å². The van der Waals surface area contributed by atoms with Crippen molar-refractivity contribution in [2.24, 2.45) is 11.8 Å². The Bertz CT molecular complexity index is 323. The summed E-state index contributed by atoms with van der Waals surface area (Å²) in [6, 6.07) is 10.4. The molecule has 0 bridgehead atoms. The summed E-state index contributed by atoms with van der Waals surface area (Å²) in [5.41, 5.74) is 1.33. The minimum Gasteiger partial charge on any atom is -0.303 e. The Morgan fingerprint density at radius 1 is 1.33 bits per heavy atom. The van der Waals surface area contributed by atoms with Crippen molar-refractivity contribution in [3.8, 4) is 0 Å². The number of carbonyl (C=O) groups is 1. The first-order chi connectivity index (χ1) is 7.29. The third-order valence-electron chi connectivity index (χ3n) is 3.17. The highest BCUT2D eigenvalue weighted by atomic mass is 16.1. The van der Waals surface area contributed by atoms with Crippen LogP contribution in [0.3, 0.4) is 0 Å². The molecule has 1 saturated heterocycles. The summed E-state index contributed by atoms with van der Waals surface area (Å²) >= 11 is 0. The summed E-state index contributed by atoms with van der Waals surface area (Å²) in [6.07, 6.45) is 1.11. The number of rotatable bonds is 3. The Morgan fingerprint density at radius 2 is 2.07 bits per heavy atom. The van der Waals surface area contributed by atoms with Gasteiger partial charge in [-0.1, -0.05) is 37.3 Å². The van der Waals surface area contributed by atoms with Crippen molar-refractivity contribution >= 4 is 6.29 Å². The number of likely N-dealkylation sites (tertiary alicyclic amines) is 1. The molecule has 1 aromatic carbocycles. The largest absolute Gasteiger partial charge is 0.303 e. The smallest absolute Gasteiger partial charge is 0.124 e. The summed E-state index contributed by atoms with van der Waals surface area (Å²) in [5, 5.41) is 0. The van der Waals surface area contributed by atoms with Gasteiger partial charge in [-0.3, -0.25) is 4.90 Å². The van der Waals surface area contributed by atoms with E-state index in [2.05, 4.69) is 36.1 Å². The van der Waals surface area contributed by atoms with E-state index in [0.717, 1.165) is 25.9 Å². The van der Waals surface area contributed by atoms with Gasteiger partial charge in [-0.15, -0.1) is 0 Å².